The zero-order valence-electron chi connectivity index (χ0n) is 11.3. The maximum atomic E-state index is 12.8. The minimum absolute atomic E-state index is 0.210. The third-order valence-corrected chi connectivity index (χ3v) is 3.05. The predicted molar refractivity (Wildman–Crippen MR) is 79.1 cm³/mol. The molecule has 1 aromatic carbocycles. The predicted octanol–water partition coefficient (Wildman–Crippen LogP) is 3.25. The molecule has 0 saturated heterocycles. The highest BCUT2D eigenvalue weighted by Gasteiger charge is 2.23. The lowest BCUT2D eigenvalue weighted by Crippen LogP contribution is -2.30. The highest BCUT2D eigenvalue weighted by molar-refractivity contribution is 5.89. The number of nitrogens with zero attached hydrogens (tertiary/aromatic N) is 1. The van der Waals surface area contributed by atoms with Gasteiger partial charge in [0.2, 0.25) is 0 Å². The van der Waals surface area contributed by atoms with Crippen molar-refractivity contribution in [2.75, 3.05) is 10.6 Å². The Morgan fingerprint density at radius 3 is 2.43 bits per heavy atom. The summed E-state index contributed by atoms with van der Waals surface area (Å²) in [6, 6.07) is 9.62. The van der Waals surface area contributed by atoms with Crippen molar-refractivity contribution in [3.05, 3.63) is 48.4 Å². The molecule has 0 spiro atoms. The van der Waals surface area contributed by atoms with Gasteiger partial charge in [-0.3, -0.25) is 0 Å². The number of halogens is 1. The number of amides is 2. The molecule has 1 aliphatic carbocycles. The summed E-state index contributed by atoms with van der Waals surface area (Å²) in [6.45, 7) is 0. The van der Waals surface area contributed by atoms with Crippen LogP contribution in [-0.2, 0) is 0 Å². The van der Waals surface area contributed by atoms with Crippen LogP contribution in [0.3, 0.4) is 0 Å². The van der Waals surface area contributed by atoms with E-state index in [4.69, 9.17) is 0 Å². The number of rotatable bonds is 4. The van der Waals surface area contributed by atoms with Gasteiger partial charge >= 0.3 is 6.03 Å². The zero-order chi connectivity index (χ0) is 14.7. The molecular formula is C15H15FN4O. The van der Waals surface area contributed by atoms with Crippen molar-refractivity contribution in [1.29, 1.82) is 0 Å². The summed E-state index contributed by atoms with van der Waals surface area (Å²) in [5.41, 5.74) is 1.37. The number of anilines is 3. The van der Waals surface area contributed by atoms with E-state index in [2.05, 4.69) is 20.9 Å². The molecule has 1 heterocycles. The first kappa shape index (κ1) is 13.4. The molecule has 2 amide bonds. The molecule has 6 heteroatoms. The van der Waals surface area contributed by atoms with Crippen molar-refractivity contribution in [3.63, 3.8) is 0 Å². The summed E-state index contributed by atoms with van der Waals surface area (Å²) < 4.78 is 12.8. The fourth-order valence-corrected chi connectivity index (χ4v) is 1.80. The first-order valence-corrected chi connectivity index (χ1v) is 6.75. The van der Waals surface area contributed by atoms with Gasteiger partial charge in [-0.05, 0) is 49.2 Å². The Bertz CT molecular complexity index is 623. The highest BCUT2D eigenvalue weighted by Crippen LogP contribution is 2.19. The summed E-state index contributed by atoms with van der Waals surface area (Å²) in [5.74, 6) is 0.337. The average molecular weight is 286 g/mol. The number of urea groups is 1. The van der Waals surface area contributed by atoms with E-state index in [0.717, 1.165) is 18.5 Å². The molecule has 1 aromatic heterocycles. The molecule has 0 aliphatic heterocycles. The number of aromatic nitrogens is 1. The number of carbonyl (C=O) groups excluding carboxylic acids is 1. The van der Waals surface area contributed by atoms with E-state index in [1.54, 1.807) is 30.5 Å². The van der Waals surface area contributed by atoms with E-state index in [0.29, 0.717) is 17.5 Å². The number of nitrogens with one attached hydrogen (secondary N) is 3. The fourth-order valence-electron chi connectivity index (χ4n) is 1.80. The van der Waals surface area contributed by atoms with Gasteiger partial charge in [-0.15, -0.1) is 0 Å². The number of hydrogen-bond acceptors (Lipinski definition) is 3. The van der Waals surface area contributed by atoms with Gasteiger partial charge in [0.05, 0.1) is 11.9 Å². The van der Waals surface area contributed by atoms with Crippen molar-refractivity contribution >= 4 is 23.2 Å². The van der Waals surface area contributed by atoms with Crippen molar-refractivity contribution in [2.45, 2.75) is 18.9 Å². The summed E-state index contributed by atoms with van der Waals surface area (Å²) in [5, 5.41) is 8.60. The molecule has 1 aliphatic rings. The molecule has 3 N–H and O–H groups in total. The Kier molecular flexibility index (Phi) is 3.68. The van der Waals surface area contributed by atoms with Crippen LogP contribution in [0.2, 0.25) is 0 Å². The van der Waals surface area contributed by atoms with Crippen LogP contribution in [0.1, 0.15) is 12.8 Å². The molecule has 5 nitrogen and oxygen atoms in total. The number of benzene rings is 1. The number of pyridine rings is 1. The summed E-state index contributed by atoms with van der Waals surface area (Å²) in [4.78, 5) is 15.8. The molecular weight excluding hydrogens is 271 g/mol. The highest BCUT2D eigenvalue weighted by atomic mass is 19.1. The summed E-state index contributed by atoms with van der Waals surface area (Å²) in [7, 11) is 0. The molecule has 0 atom stereocenters. The van der Waals surface area contributed by atoms with Crippen LogP contribution < -0.4 is 16.0 Å². The lowest BCUT2D eigenvalue weighted by molar-refractivity contribution is 0.251. The molecule has 3 rings (SSSR count). The second-order valence-electron chi connectivity index (χ2n) is 4.94. The van der Waals surface area contributed by atoms with Crippen molar-refractivity contribution < 1.29 is 9.18 Å². The molecule has 21 heavy (non-hydrogen) atoms. The van der Waals surface area contributed by atoms with E-state index in [1.165, 1.54) is 12.1 Å². The normalized spacial score (nSPS) is 13.6. The van der Waals surface area contributed by atoms with Crippen molar-refractivity contribution in [3.8, 4) is 0 Å². The number of hydrogen-bond donors (Lipinski definition) is 3. The van der Waals surface area contributed by atoms with Crippen LogP contribution in [-0.4, -0.2) is 17.1 Å². The standard InChI is InChI=1S/C15H15FN4O/c16-10-1-3-11(4-2-10)18-14-8-7-13(9-17-14)20-15(21)19-12-5-6-12/h1-4,7-9,12H,5-6H2,(H,17,18)(H2,19,20,21). The van der Waals surface area contributed by atoms with Crippen LogP contribution in [0, 0.1) is 5.82 Å². The zero-order valence-corrected chi connectivity index (χ0v) is 11.3. The SMILES string of the molecule is O=C(Nc1ccc(Nc2ccc(F)cc2)nc1)NC1CC1. The summed E-state index contributed by atoms with van der Waals surface area (Å²) in [6.07, 6.45) is 3.66. The Hall–Kier alpha value is -2.63. The monoisotopic (exact) mass is 286 g/mol. The van der Waals surface area contributed by atoms with Crippen molar-refractivity contribution in [1.82, 2.24) is 10.3 Å². The molecule has 0 bridgehead atoms. The van der Waals surface area contributed by atoms with Gasteiger partial charge in [-0.1, -0.05) is 0 Å². The lowest BCUT2D eigenvalue weighted by Gasteiger charge is -2.08. The van der Waals surface area contributed by atoms with E-state index >= 15 is 0 Å². The van der Waals surface area contributed by atoms with Crippen molar-refractivity contribution in [2.24, 2.45) is 0 Å². The molecule has 1 saturated carbocycles. The van der Waals surface area contributed by atoms with E-state index in [9.17, 15) is 9.18 Å². The number of carbonyl (C=O) groups is 1. The smallest absolute Gasteiger partial charge is 0.319 e. The Labute approximate surface area is 121 Å². The third-order valence-electron chi connectivity index (χ3n) is 3.05. The van der Waals surface area contributed by atoms with E-state index in [1.807, 2.05) is 0 Å². The van der Waals surface area contributed by atoms with E-state index < -0.39 is 0 Å². The average Bonchev–Trinajstić information content (AvgIpc) is 3.27. The second kappa shape index (κ2) is 5.78. The topological polar surface area (TPSA) is 66.0 Å². The summed E-state index contributed by atoms with van der Waals surface area (Å²) >= 11 is 0. The Morgan fingerprint density at radius 1 is 1.10 bits per heavy atom. The fraction of sp³-hybridized carbons (Fsp3) is 0.200. The molecule has 108 valence electrons. The molecule has 0 radical (unpaired) electrons. The van der Waals surface area contributed by atoms with Crippen LogP contribution in [0.15, 0.2) is 42.6 Å². The Morgan fingerprint density at radius 2 is 1.81 bits per heavy atom. The maximum Gasteiger partial charge on any atom is 0.319 e. The van der Waals surface area contributed by atoms with Crippen LogP contribution >= 0.6 is 0 Å². The van der Waals surface area contributed by atoms with Crippen LogP contribution in [0.5, 0.6) is 0 Å². The van der Waals surface area contributed by atoms with Gasteiger partial charge in [-0.25, -0.2) is 14.2 Å². The van der Waals surface area contributed by atoms with Gasteiger partial charge < -0.3 is 16.0 Å². The molecule has 0 unspecified atom stereocenters. The quantitative estimate of drug-likeness (QED) is 0.808. The lowest BCUT2D eigenvalue weighted by atomic mass is 10.3. The molecule has 2 aromatic rings. The van der Waals surface area contributed by atoms with E-state index in [-0.39, 0.29) is 11.8 Å². The minimum Gasteiger partial charge on any atom is -0.340 e. The first-order valence-electron chi connectivity index (χ1n) is 6.75. The largest absolute Gasteiger partial charge is 0.340 e. The molecule has 1 fully saturated rings. The second-order valence-corrected chi connectivity index (χ2v) is 4.94. The van der Waals surface area contributed by atoms with Gasteiger partial charge in [0.15, 0.2) is 0 Å². The van der Waals surface area contributed by atoms with Crippen LogP contribution in [0.4, 0.5) is 26.4 Å². The third kappa shape index (κ3) is 3.92. The maximum absolute atomic E-state index is 12.8. The van der Waals surface area contributed by atoms with Gasteiger partial charge in [0, 0.05) is 11.7 Å². The van der Waals surface area contributed by atoms with Gasteiger partial charge in [0.25, 0.3) is 0 Å². The first-order chi connectivity index (χ1) is 10.2. The van der Waals surface area contributed by atoms with Crippen LogP contribution in [0.25, 0.3) is 0 Å². The Balaban J connectivity index is 1.58. The van der Waals surface area contributed by atoms with Gasteiger partial charge in [-0.2, -0.15) is 0 Å². The van der Waals surface area contributed by atoms with Gasteiger partial charge in [0.1, 0.15) is 11.6 Å². The minimum atomic E-state index is -0.283.